The summed E-state index contributed by atoms with van der Waals surface area (Å²) in [6, 6.07) is 10.9. The minimum atomic E-state index is -0.367. The number of carbonyl (C=O) groups is 1. The van der Waals surface area contributed by atoms with E-state index in [-0.39, 0.29) is 18.3 Å². The number of phenolic OH excluding ortho intramolecular Hbond substituents is 1. The molecule has 2 rings (SSSR count). The molecule has 0 fully saturated rings. The third kappa shape index (κ3) is 4.95. The number of hydrazone groups is 1. The fourth-order valence-corrected chi connectivity index (χ4v) is 2.51. The molecule has 23 heavy (non-hydrogen) atoms. The van der Waals surface area contributed by atoms with Crippen LogP contribution < -0.4 is 10.2 Å². The van der Waals surface area contributed by atoms with Crippen molar-refractivity contribution in [1.29, 1.82) is 0 Å². The van der Waals surface area contributed by atoms with Crippen LogP contribution in [-0.2, 0) is 4.79 Å². The Morgan fingerprint density at radius 2 is 2.00 bits per heavy atom. The number of hydrogen-bond donors (Lipinski definition) is 2. The molecular formula is C17H17IN2O3. The van der Waals surface area contributed by atoms with Crippen LogP contribution in [0.5, 0.6) is 11.5 Å². The first kappa shape index (κ1) is 17.3. The summed E-state index contributed by atoms with van der Waals surface area (Å²) >= 11 is 2.13. The Morgan fingerprint density at radius 1 is 1.30 bits per heavy atom. The number of aromatic hydroxyl groups is 1. The van der Waals surface area contributed by atoms with E-state index in [9.17, 15) is 9.90 Å². The third-order valence-corrected chi connectivity index (χ3v) is 3.81. The van der Waals surface area contributed by atoms with E-state index in [2.05, 4.69) is 33.1 Å². The van der Waals surface area contributed by atoms with Gasteiger partial charge in [-0.25, -0.2) is 5.43 Å². The Bertz CT molecular complexity index is 724. The van der Waals surface area contributed by atoms with Crippen LogP contribution in [0.2, 0.25) is 0 Å². The molecule has 0 spiro atoms. The molecule has 0 bridgehead atoms. The van der Waals surface area contributed by atoms with Gasteiger partial charge in [0.25, 0.3) is 5.91 Å². The van der Waals surface area contributed by atoms with E-state index in [1.165, 1.54) is 6.21 Å². The molecule has 0 aromatic heterocycles. The van der Waals surface area contributed by atoms with Crippen molar-refractivity contribution in [3.63, 3.8) is 0 Å². The lowest BCUT2D eigenvalue weighted by Crippen LogP contribution is -2.25. The van der Waals surface area contributed by atoms with Gasteiger partial charge in [-0.2, -0.15) is 5.10 Å². The number of para-hydroxylation sites is 1. The van der Waals surface area contributed by atoms with Crippen molar-refractivity contribution in [3.8, 4) is 11.5 Å². The molecular weight excluding hydrogens is 407 g/mol. The van der Waals surface area contributed by atoms with Crippen LogP contribution in [0.25, 0.3) is 0 Å². The van der Waals surface area contributed by atoms with Gasteiger partial charge in [-0.1, -0.05) is 18.2 Å². The molecule has 0 radical (unpaired) electrons. The first-order valence-electron chi connectivity index (χ1n) is 6.97. The second-order valence-electron chi connectivity index (χ2n) is 5.01. The summed E-state index contributed by atoms with van der Waals surface area (Å²) in [5.74, 6) is 0.450. The predicted molar refractivity (Wildman–Crippen MR) is 98.0 cm³/mol. The Labute approximate surface area is 148 Å². The van der Waals surface area contributed by atoms with Gasteiger partial charge in [-0.3, -0.25) is 4.79 Å². The zero-order chi connectivity index (χ0) is 16.8. The Kier molecular flexibility index (Phi) is 5.97. The molecule has 0 saturated carbocycles. The first-order chi connectivity index (χ1) is 11.0. The monoisotopic (exact) mass is 424 g/mol. The normalized spacial score (nSPS) is 10.7. The number of nitrogens with zero attached hydrogens (tertiary/aromatic N) is 1. The summed E-state index contributed by atoms with van der Waals surface area (Å²) in [5.41, 5.74) is 4.87. The minimum Gasteiger partial charge on any atom is -0.507 e. The summed E-state index contributed by atoms with van der Waals surface area (Å²) in [6.45, 7) is 3.73. The number of hydrogen-bond acceptors (Lipinski definition) is 4. The van der Waals surface area contributed by atoms with Crippen molar-refractivity contribution in [2.45, 2.75) is 13.8 Å². The highest BCUT2D eigenvalue weighted by Gasteiger charge is 2.06. The zero-order valence-electron chi connectivity index (χ0n) is 12.8. The van der Waals surface area contributed by atoms with Gasteiger partial charge in [0, 0.05) is 9.13 Å². The fraction of sp³-hybridized carbons (Fsp3) is 0.176. The molecule has 120 valence electrons. The smallest absolute Gasteiger partial charge is 0.277 e. The van der Waals surface area contributed by atoms with Crippen LogP contribution in [0.4, 0.5) is 0 Å². The highest BCUT2D eigenvalue weighted by Crippen LogP contribution is 2.22. The maximum atomic E-state index is 11.8. The molecule has 0 aliphatic rings. The number of ether oxygens (including phenoxy) is 1. The standard InChI is InChI=1S/C17H17IN2O3/c1-11-4-3-5-12(2)17(11)23-10-16(22)20-19-9-13-8-14(18)6-7-15(13)21/h3-9,21H,10H2,1-2H3,(H,20,22). The number of halogens is 1. The molecule has 0 aliphatic carbocycles. The van der Waals surface area contributed by atoms with Gasteiger partial charge in [0.05, 0.1) is 6.21 Å². The lowest BCUT2D eigenvalue weighted by Gasteiger charge is -2.10. The number of aryl methyl sites for hydroxylation is 2. The van der Waals surface area contributed by atoms with Crippen molar-refractivity contribution < 1.29 is 14.6 Å². The number of nitrogens with one attached hydrogen (secondary N) is 1. The van der Waals surface area contributed by atoms with Gasteiger partial charge in [0.15, 0.2) is 6.61 Å². The molecule has 0 unspecified atom stereocenters. The van der Waals surface area contributed by atoms with Crippen LogP contribution in [0.1, 0.15) is 16.7 Å². The molecule has 2 N–H and O–H groups in total. The largest absolute Gasteiger partial charge is 0.507 e. The molecule has 6 heteroatoms. The van der Waals surface area contributed by atoms with Gasteiger partial charge < -0.3 is 9.84 Å². The summed E-state index contributed by atoms with van der Waals surface area (Å²) in [7, 11) is 0. The number of benzene rings is 2. The second-order valence-corrected chi connectivity index (χ2v) is 6.25. The van der Waals surface area contributed by atoms with E-state index in [4.69, 9.17) is 4.74 Å². The lowest BCUT2D eigenvalue weighted by molar-refractivity contribution is -0.123. The minimum absolute atomic E-state index is 0.107. The van der Waals surface area contributed by atoms with Crippen molar-refractivity contribution in [1.82, 2.24) is 5.43 Å². The maximum absolute atomic E-state index is 11.8. The first-order valence-corrected chi connectivity index (χ1v) is 8.04. The highest BCUT2D eigenvalue weighted by molar-refractivity contribution is 14.1. The summed E-state index contributed by atoms with van der Waals surface area (Å²) in [6.07, 6.45) is 1.40. The van der Waals surface area contributed by atoms with Crippen molar-refractivity contribution in [3.05, 3.63) is 56.7 Å². The molecule has 2 aromatic carbocycles. The van der Waals surface area contributed by atoms with E-state index in [0.29, 0.717) is 11.3 Å². The Balaban J connectivity index is 1.90. The molecule has 0 aliphatic heterocycles. The van der Waals surface area contributed by atoms with Crippen LogP contribution in [0.15, 0.2) is 41.5 Å². The van der Waals surface area contributed by atoms with Gasteiger partial charge in [0.2, 0.25) is 0 Å². The number of amides is 1. The Morgan fingerprint density at radius 3 is 2.70 bits per heavy atom. The average Bonchev–Trinajstić information content (AvgIpc) is 2.50. The predicted octanol–water partition coefficient (Wildman–Crippen LogP) is 3.14. The molecule has 2 aromatic rings. The van der Waals surface area contributed by atoms with Gasteiger partial charge in [-0.15, -0.1) is 0 Å². The van der Waals surface area contributed by atoms with Gasteiger partial charge in [0.1, 0.15) is 11.5 Å². The molecule has 0 saturated heterocycles. The number of rotatable bonds is 5. The third-order valence-electron chi connectivity index (χ3n) is 3.14. The van der Waals surface area contributed by atoms with Crippen LogP contribution in [0.3, 0.4) is 0 Å². The van der Waals surface area contributed by atoms with Crippen LogP contribution in [-0.4, -0.2) is 23.8 Å². The van der Waals surface area contributed by atoms with E-state index >= 15 is 0 Å². The molecule has 0 atom stereocenters. The van der Waals surface area contributed by atoms with Gasteiger partial charge in [-0.05, 0) is 65.8 Å². The molecule has 1 amide bonds. The molecule has 0 heterocycles. The summed E-state index contributed by atoms with van der Waals surface area (Å²) < 4.78 is 6.50. The second kappa shape index (κ2) is 7.96. The number of carbonyl (C=O) groups excluding carboxylic acids is 1. The van der Waals surface area contributed by atoms with Crippen LogP contribution >= 0.6 is 22.6 Å². The van der Waals surface area contributed by atoms with E-state index in [0.717, 1.165) is 14.7 Å². The van der Waals surface area contributed by atoms with Crippen molar-refractivity contribution in [2.75, 3.05) is 6.61 Å². The summed E-state index contributed by atoms with van der Waals surface area (Å²) in [4.78, 5) is 11.8. The Hall–Kier alpha value is -2.09. The van der Waals surface area contributed by atoms with E-state index < -0.39 is 0 Å². The van der Waals surface area contributed by atoms with Crippen molar-refractivity contribution in [2.24, 2.45) is 5.10 Å². The van der Waals surface area contributed by atoms with E-state index in [1.807, 2.05) is 32.0 Å². The lowest BCUT2D eigenvalue weighted by atomic mass is 10.1. The number of phenols is 1. The van der Waals surface area contributed by atoms with E-state index in [1.54, 1.807) is 18.2 Å². The SMILES string of the molecule is Cc1cccc(C)c1OCC(=O)NN=Cc1cc(I)ccc1O. The maximum Gasteiger partial charge on any atom is 0.277 e. The zero-order valence-corrected chi connectivity index (χ0v) is 15.0. The molecule has 5 nitrogen and oxygen atoms in total. The van der Waals surface area contributed by atoms with Crippen LogP contribution in [0, 0.1) is 17.4 Å². The topological polar surface area (TPSA) is 70.9 Å². The van der Waals surface area contributed by atoms with Crippen molar-refractivity contribution >= 4 is 34.7 Å². The van der Waals surface area contributed by atoms with Gasteiger partial charge >= 0.3 is 0 Å². The fourth-order valence-electron chi connectivity index (χ4n) is 2.00. The average molecular weight is 424 g/mol. The highest BCUT2D eigenvalue weighted by atomic mass is 127. The quantitative estimate of drug-likeness (QED) is 0.440. The summed E-state index contributed by atoms with van der Waals surface area (Å²) in [5, 5.41) is 13.5.